The molecule has 0 spiro atoms. The molecule has 1 saturated heterocycles. The minimum atomic E-state index is -0.264. The second-order valence-electron chi connectivity index (χ2n) is 5.46. The van der Waals surface area contributed by atoms with Gasteiger partial charge in [0.25, 0.3) is 0 Å². The largest absolute Gasteiger partial charge is 0.345 e. The van der Waals surface area contributed by atoms with Crippen LogP contribution in [0.2, 0.25) is 0 Å². The van der Waals surface area contributed by atoms with Crippen LogP contribution in [0.25, 0.3) is 0 Å². The molecule has 17 heavy (non-hydrogen) atoms. The molecule has 0 aromatic carbocycles. The molecule has 1 atom stereocenters. The van der Waals surface area contributed by atoms with Gasteiger partial charge in [0.15, 0.2) is 0 Å². The van der Waals surface area contributed by atoms with E-state index >= 15 is 0 Å². The highest BCUT2D eigenvalue weighted by Gasteiger charge is 2.44. The molecule has 2 amide bonds. The molecule has 1 N–H and O–H groups in total. The number of piperazine rings is 1. The zero-order valence-corrected chi connectivity index (χ0v) is 10.8. The summed E-state index contributed by atoms with van der Waals surface area (Å²) in [5, 5.41) is 2.69. The topological polar surface area (TPSA) is 49.4 Å². The van der Waals surface area contributed by atoms with Crippen LogP contribution in [0, 0.1) is 0 Å². The first kappa shape index (κ1) is 12.4. The van der Waals surface area contributed by atoms with E-state index in [1.54, 1.807) is 0 Å². The summed E-state index contributed by atoms with van der Waals surface area (Å²) in [6.07, 6.45) is 6.34. The number of nitrogens with one attached hydrogen (secondary N) is 1. The van der Waals surface area contributed by atoms with E-state index in [1.165, 1.54) is 19.3 Å². The highest BCUT2D eigenvalue weighted by atomic mass is 16.2. The Labute approximate surface area is 103 Å². The average Bonchev–Trinajstić information content (AvgIpc) is 2.32. The van der Waals surface area contributed by atoms with Gasteiger partial charge in [-0.25, -0.2) is 0 Å². The van der Waals surface area contributed by atoms with Crippen LogP contribution in [0.4, 0.5) is 0 Å². The Balaban J connectivity index is 2.25. The first-order valence-corrected chi connectivity index (χ1v) is 6.68. The molecule has 2 fully saturated rings. The van der Waals surface area contributed by atoms with E-state index < -0.39 is 0 Å². The predicted octanol–water partition coefficient (Wildman–Crippen LogP) is 1.45. The van der Waals surface area contributed by atoms with Gasteiger partial charge in [-0.1, -0.05) is 26.2 Å². The number of rotatable bonds is 2. The second-order valence-corrected chi connectivity index (χ2v) is 5.46. The van der Waals surface area contributed by atoms with Crippen molar-refractivity contribution in [2.75, 3.05) is 6.54 Å². The van der Waals surface area contributed by atoms with Crippen LogP contribution in [0.15, 0.2) is 0 Å². The van der Waals surface area contributed by atoms with Crippen molar-refractivity contribution in [2.24, 2.45) is 0 Å². The highest BCUT2D eigenvalue weighted by molar-refractivity contribution is 5.95. The van der Waals surface area contributed by atoms with E-state index in [0.717, 1.165) is 12.8 Å². The zero-order chi connectivity index (χ0) is 12.5. The lowest BCUT2D eigenvalue weighted by atomic mass is 9.80. The smallest absolute Gasteiger partial charge is 0.243 e. The van der Waals surface area contributed by atoms with Crippen LogP contribution in [0.5, 0.6) is 0 Å². The lowest BCUT2D eigenvalue weighted by Crippen LogP contribution is -2.65. The number of carbonyl (C=O) groups is 2. The Morgan fingerprint density at radius 1 is 1.29 bits per heavy atom. The first-order chi connectivity index (χ1) is 8.08. The van der Waals surface area contributed by atoms with Gasteiger partial charge in [0, 0.05) is 5.54 Å². The van der Waals surface area contributed by atoms with Gasteiger partial charge in [0.2, 0.25) is 11.8 Å². The molecule has 2 rings (SSSR count). The van der Waals surface area contributed by atoms with E-state index in [1.807, 2.05) is 11.8 Å². The molecular weight excluding hydrogens is 216 g/mol. The van der Waals surface area contributed by atoms with Gasteiger partial charge in [0.05, 0.1) is 6.54 Å². The third-order valence-electron chi connectivity index (χ3n) is 4.20. The van der Waals surface area contributed by atoms with Gasteiger partial charge in [-0.3, -0.25) is 9.59 Å². The number of hydrogen-bond donors (Lipinski definition) is 1. The highest BCUT2D eigenvalue weighted by Crippen LogP contribution is 2.36. The van der Waals surface area contributed by atoms with E-state index in [4.69, 9.17) is 0 Å². The van der Waals surface area contributed by atoms with Gasteiger partial charge < -0.3 is 10.2 Å². The van der Waals surface area contributed by atoms with Crippen molar-refractivity contribution in [1.29, 1.82) is 0 Å². The third kappa shape index (κ3) is 2.17. The molecule has 0 radical (unpaired) electrons. The zero-order valence-electron chi connectivity index (χ0n) is 10.8. The van der Waals surface area contributed by atoms with Crippen LogP contribution >= 0.6 is 0 Å². The normalized spacial score (nSPS) is 29.1. The number of amides is 2. The summed E-state index contributed by atoms with van der Waals surface area (Å²) in [7, 11) is 0. The van der Waals surface area contributed by atoms with Crippen molar-refractivity contribution in [1.82, 2.24) is 10.2 Å². The van der Waals surface area contributed by atoms with Crippen LogP contribution in [-0.4, -0.2) is 34.8 Å². The summed E-state index contributed by atoms with van der Waals surface area (Å²) in [6, 6.07) is -0.264. The summed E-state index contributed by atoms with van der Waals surface area (Å²) in [5.74, 6) is 0.0970. The maximum Gasteiger partial charge on any atom is 0.243 e. The molecule has 1 saturated carbocycles. The molecule has 1 unspecified atom stereocenters. The lowest BCUT2D eigenvalue weighted by molar-refractivity contribution is -0.154. The Morgan fingerprint density at radius 3 is 2.53 bits per heavy atom. The number of hydrogen-bond acceptors (Lipinski definition) is 2. The van der Waals surface area contributed by atoms with Crippen LogP contribution in [0.1, 0.15) is 52.4 Å². The third-order valence-corrected chi connectivity index (χ3v) is 4.20. The van der Waals surface area contributed by atoms with E-state index in [9.17, 15) is 9.59 Å². The van der Waals surface area contributed by atoms with Crippen molar-refractivity contribution in [3.63, 3.8) is 0 Å². The molecule has 1 aliphatic heterocycles. The summed E-state index contributed by atoms with van der Waals surface area (Å²) in [4.78, 5) is 25.9. The van der Waals surface area contributed by atoms with Gasteiger partial charge >= 0.3 is 0 Å². The Kier molecular flexibility index (Phi) is 3.40. The minimum Gasteiger partial charge on any atom is -0.345 e. The quantitative estimate of drug-likeness (QED) is 0.791. The van der Waals surface area contributed by atoms with Crippen molar-refractivity contribution >= 4 is 11.8 Å². The standard InChI is InChI=1S/C13H22N2O2/c1-3-10-12(17)14-9-11(16)15(10)13(2)7-5-4-6-8-13/h10H,3-9H2,1-2H3,(H,14,17). The molecule has 0 bridgehead atoms. The van der Waals surface area contributed by atoms with Crippen LogP contribution in [-0.2, 0) is 9.59 Å². The fourth-order valence-corrected chi connectivity index (χ4v) is 3.26. The predicted molar refractivity (Wildman–Crippen MR) is 65.4 cm³/mol. The molecule has 96 valence electrons. The summed E-state index contributed by atoms with van der Waals surface area (Å²) < 4.78 is 0. The monoisotopic (exact) mass is 238 g/mol. The van der Waals surface area contributed by atoms with Gasteiger partial charge in [-0.2, -0.15) is 0 Å². The van der Waals surface area contributed by atoms with Crippen LogP contribution < -0.4 is 5.32 Å². The van der Waals surface area contributed by atoms with Crippen LogP contribution in [0.3, 0.4) is 0 Å². The molecular formula is C13H22N2O2. The van der Waals surface area contributed by atoms with Crippen molar-refractivity contribution in [2.45, 2.75) is 64.0 Å². The summed E-state index contributed by atoms with van der Waals surface area (Å²) >= 11 is 0. The summed E-state index contributed by atoms with van der Waals surface area (Å²) in [6.45, 7) is 4.29. The fraction of sp³-hybridized carbons (Fsp3) is 0.846. The molecule has 1 heterocycles. The van der Waals surface area contributed by atoms with Crippen molar-refractivity contribution < 1.29 is 9.59 Å². The Bertz CT molecular complexity index is 321. The molecule has 2 aliphatic rings. The molecule has 0 aromatic heterocycles. The second kappa shape index (κ2) is 4.67. The average molecular weight is 238 g/mol. The molecule has 4 heteroatoms. The summed E-state index contributed by atoms with van der Waals surface area (Å²) in [5.41, 5.74) is -0.103. The van der Waals surface area contributed by atoms with E-state index in [-0.39, 0.29) is 29.9 Å². The van der Waals surface area contributed by atoms with Gasteiger partial charge in [-0.05, 0) is 26.2 Å². The first-order valence-electron chi connectivity index (χ1n) is 6.68. The maximum atomic E-state index is 12.1. The van der Waals surface area contributed by atoms with E-state index in [2.05, 4.69) is 12.2 Å². The van der Waals surface area contributed by atoms with Gasteiger partial charge in [0.1, 0.15) is 6.04 Å². The SMILES string of the molecule is CCC1C(=O)NCC(=O)N1C1(C)CCCCC1. The van der Waals surface area contributed by atoms with Gasteiger partial charge in [-0.15, -0.1) is 0 Å². The fourth-order valence-electron chi connectivity index (χ4n) is 3.26. The number of nitrogens with zero attached hydrogens (tertiary/aromatic N) is 1. The van der Waals surface area contributed by atoms with E-state index in [0.29, 0.717) is 6.42 Å². The number of carbonyl (C=O) groups excluding carboxylic acids is 2. The Hall–Kier alpha value is -1.06. The van der Waals surface area contributed by atoms with Crippen molar-refractivity contribution in [3.05, 3.63) is 0 Å². The molecule has 0 aromatic rings. The maximum absolute atomic E-state index is 12.1. The van der Waals surface area contributed by atoms with Crippen molar-refractivity contribution in [3.8, 4) is 0 Å². The molecule has 4 nitrogen and oxygen atoms in total. The Morgan fingerprint density at radius 2 is 1.94 bits per heavy atom. The lowest BCUT2D eigenvalue weighted by Gasteiger charge is -2.49. The minimum absolute atomic E-state index is 0.0129. The molecule has 1 aliphatic carbocycles.